The Balaban J connectivity index is 2.52. The summed E-state index contributed by atoms with van der Waals surface area (Å²) in [5.74, 6) is 0. The first kappa shape index (κ1) is 13.0. The van der Waals surface area contributed by atoms with Gasteiger partial charge in [-0.3, -0.25) is 0 Å². The van der Waals surface area contributed by atoms with Crippen LogP contribution in [0.4, 0.5) is 10.5 Å². The van der Waals surface area contributed by atoms with Gasteiger partial charge in [0.15, 0.2) is 0 Å². The average molecular weight is 233 g/mol. The molecule has 0 aliphatic heterocycles. The molecule has 0 aliphatic rings. The Bertz CT molecular complexity index is 409. The summed E-state index contributed by atoms with van der Waals surface area (Å²) in [5, 5.41) is 11.4. The largest absolute Gasteiger partial charge is 0.383 e. The molecule has 0 saturated heterocycles. The molecule has 90 valence electrons. The molecule has 1 N–H and O–H groups in total. The first-order valence-corrected chi connectivity index (χ1v) is 5.18. The highest BCUT2D eigenvalue weighted by molar-refractivity contribution is 5.89. The van der Waals surface area contributed by atoms with Crippen molar-refractivity contribution in [2.45, 2.75) is 0 Å². The van der Waals surface area contributed by atoms with Crippen LogP contribution in [0.2, 0.25) is 0 Å². The van der Waals surface area contributed by atoms with Crippen molar-refractivity contribution in [1.29, 1.82) is 5.26 Å². The van der Waals surface area contributed by atoms with E-state index >= 15 is 0 Å². The maximum absolute atomic E-state index is 11.7. The number of anilines is 1. The molecule has 2 amide bonds. The van der Waals surface area contributed by atoms with E-state index in [0.29, 0.717) is 24.4 Å². The van der Waals surface area contributed by atoms with E-state index in [-0.39, 0.29) is 6.03 Å². The number of nitriles is 1. The quantitative estimate of drug-likeness (QED) is 0.860. The number of rotatable bonds is 4. The Morgan fingerprint density at radius 1 is 1.47 bits per heavy atom. The molecule has 0 atom stereocenters. The molecule has 0 radical (unpaired) electrons. The van der Waals surface area contributed by atoms with Crippen molar-refractivity contribution < 1.29 is 9.53 Å². The molecule has 5 nitrogen and oxygen atoms in total. The standard InChI is InChI=1S/C12H15N3O2/c1-15(7-8-17-2)12(16)14-11-5-3-10(9-13)4-6-11/h3-6H,7-8H2,1-2H3,(H,14,16). The van der Waals surface area contributed by atoms with Gasteiger partial charge in [0.25, 0.3) is 0 Å². The predicted molar refractivity (Wildman–Crippen MR) is 64.7 cm³/mol. The second kappa shape index (κ2) is 6.51. The van der Waals surface area contributed by atoms with Crippen LogP contribution in [-0.4, -0.2) is 38.2 Å². The molecule has 0 bridgehead atoms. The van der Waals surface area contributed by atoms with Gasteiger partial charge in [-0.15, -0.1) is 0 Å². The minimum Gasteiger partial charge on any atom is -0.383 e. The highest BCUT2D eigenvalue weighted by atomic mass is 16.5. The van der Waals surface area contributed by atoms with Gasteiger partial charge in [-0.1, -0.05) is 0 Å². The molecule has 1 aromatic carbocycles. The molecule has 1 rings (SSSR count). The van der Waals surface area contributed by atoms with Gasteiger partial charge < -0.3 is 15.0 Å². The second-order valence-corrected chi connectivity index (χ2v) is 3.53. The number of carbonyl (C=O) groups is 1. The zero-order valence-electron chi connectivity index (χ0n) is 9.93. The molecule has 0 saturated carbocycles. The van der Waals surface area contributed by atoms with Gasteiger partial charge in [0, 0.05) is 26.4 Å². The van der Waals surface area contributed by atoms with E-state index in [9.17, 15) is 4.79 Å². The predicted octanol–water partition coefficient (Wildman–Crippen LogP) is 1.67. The zero-order chi connectivity index (χ0) is 12.7. The zero-order valence-corrected chi connectivity index (χ0v) is 9.93. The summed E-state index contributed by atoms with van der Waals surface area (Å²) in [6, 6.07) is 8.52. The molecule has 0 spiro atoms. The van der Waals surface area contributed by atoms with E-state index in [4.69, 9.17) is 10.00 Å². The summed E-state index contributed by atoms with van der Waals surface area (Å²) < 4.78 is 4.89. The highest BCUT2D eigenvalue weighted by Crippen LogP contribution is 2.09. The number of carbonyl (C=O) groups excluding carboxylic acids is 1. The Morgan fingerprint density at radius 3 is 2.65 bits per heavy atom. The maximum atomic E-state index is 11.7. The molecular weight excluding hydrogens is 218 g/mol. The molecule has 5 heteroatoms. The highest BCUT2D eigenvalue weighted by Gasteiger charge is 2.07. The first-order chi connectivity index (χ1) is 8.17. The molecule has 0 unspecified atom stereocenters. The molecule has 0 aliphatic carbocycles. The van der Waals surface area contributed by atoms with Crippen LogP contribution in [0.5, 0.6) is 0 Å². The number of hydrogen-bond donors (Lipinski definition) is 1. The average Bonchev–Trinajstić information content (AvgIpc) is 2.36. The van der Waals surface area contributed by atoms with Crippen molar-refractivity contribution in [1.82, 2.24) is 4.90 Å². The van der Waals surface area contributed by atoms with Crippen molar-refractivity contribution >= 4 is 11.7 Å². The lowest BCUT2D eigenvalue weighted by Gasteiger charge is -2.17. The minimum atomic E-state index is -0.202. The van der Waals surface area contributed by atoms with Gasteiger partial charge in [-0.25, -0.2) is 4.79 Å². The Kier molecular flexibility index (Phi) is 4.98. The van der Waals surface area contributed by atoms with Crippen molar-refractivity contribution in [3.63, 3.8) is 0 Å². The number of nitrogens with one attached hydrogen (secondary N) is 1. The van der Waals surface area contributed by atoms with Gasteiger partial charge >= 0.3 is 6.03 Å². The third-order valence-electron chi connectivity index (χ3n) is 2.24. The smallest absolute Gasteiger partial charge is 0.321 e. The summed E-state index contributed by atoms with van der Waals surface area (Å²) in [4.78, 5) is 13.2. The van der Waals surface area contributed by atoms with Crippen LogP contribution in [0.15, 0.2) is 24.3 Å². The van der Waals surface area contributed by atoms with Gasteiger partial charge in [0.1, 0.15) is 0 Å². The molecular formula is C12H15N3O2. The topological polar surface area (TPSA) is 65.4 Å². The molecule has 17 heavy (non-hydrogen) atoms. The number of urea groups is 1. The lowest BCUT2D eigenvalue weighted by atomic mass is 10.2. The summed E-state index contributed by atoms with van der Waals surface area (Å²) in [7, 11) is 3.28. The lowest BCUT2D eigenvalue weighted by Crippen LogP contribution is -2.33. The van der Waals surface area contributed by atoms with Gasteiger partial charge in [-0.2, -0.15) is 5.26 Å². The number of methoxy groups -OCH3 is 1. The van der Waals surface area contributed by atoms with Crippen LogP contribution in [0.1, 0.15) is 5.56 Å². The van der Waals surface area contributed by atoms with Crippen LogP contribution >= 0.6 is 0 Å². The summed E-state index contributed by atoms with van der Waals surface area (Å²) >= 11 is 0. The van der Waals surface area contributed by atoms with Crippen LogP contribution in [0.25, 0.3) is 0 Å². The fourth-order valence-electron chi connectivity index (χ4n) is 1.18. The molecule has 0 aromatic heterocycles. The van der Waals surface area contributed by atoms with Crippen molar-refractivity contribution in [3.05, 3.63) is 29.8 Å². The molecule has 1 aromatic rings. The van der Waals surface area contributed by atoms with Crippen LogP contribution in [-0.2, 0) is 4.74 Å². The van der Waals surface area contributed by atoms with Crippen molar-refractivity contribution in [2.24, 2.45) is 0 Å². The van der Waals surface area contributed by atoms with Crippen molar-refractivity contribution in [2.75, 3.05) is 32.6 Å². The maximum Gasteiger partial charge on any atom is 0.321 e. The Hall–Kier alpha value is -2.06. The monoisotopic (exact) mass is 233 g/mol. The van der Waals surface area contributed by atoms with Gasteiger partial charge in [0.2, 0.25) is 0 Å². The Labute approximate surface area is 101 Å². The van der Waals surface area contributed by atoms with Crippen molar-refractivity contribution in [3.8, 4) is 6.07 Å². The molecule has 0 fully saturated rings. The first-order valence-electron chi connectivity index (χ1n) is 5.18. The number of nitrogens with zero attached hydrogens (tertiary/aromatic N) is 2. The van der Waals surface area contributed by atoms with E-state index in [0.717, 1.165) is 0 Å². The fourth-order valence-corrected chi connectivity index (χ4v) is 1.18. The summed E-state index contributed by atoms with van der Waals surface area (Å²) in [6.07, 6.45) is 0. The van der Waals surface area contributed by atoms with E-state index in [1.165, 1.54) is 4.90 Å². The normalized spacial score (nSPS) is 9.47. The number of amides is 2. The molecule has 0 heterocycles. The minimum absolute atomic E-state index is 0.202. The third kappa shape index (κ3) is 4.13. The van der Waals surface area contributed by atoms with E-state index < -0.39 is 0 Å². The fraction of sp³-hybridized carbons (Fsp3) is 0.333. The SMILES string of the molecule is COCCN(C)C(=O)Nc1ccc(C#N)cc1. The third-order valence-corrected chi connectivity index (χ3v) is 2.24. The van der Waals surface area contributed by atoms with E-state index in [1.54, 1.807) is 38.4 Å². The van der Waals surface area contributed by atoms with Crippen LogP contribution < -0.4 is 5.32 Å². The summed E-state index contributed by atoms with van der Waals surface area (Å²) in [6.45, 7) is 1.02. The number of hydrogen-bond acceptors (Lipinski definition) is 3. The number of ether oxygens (including phenoxy) is 1. The van der Waals surface area contributed by atoms with E-state index in [1.807, 2.05) is 6.07 Å². The van der Waals surface area contributed by atoms with E-state index in [2.05, 4.69) is 5.32 Å². The number of benzene rings is 1. The second-order valence-electron chi connectivity index (χ2n) is 3.53. The Morgan fingerprint density at radius 2 is 2.12 bits per heavy atom. The van der Waals surface area contributed by atoms with Crippen LogP contribution in [0.3, 0.4) is 0 Å². The van der Waals surface area contributed by atoms with Crippen LogP contribution in [0, 0.1) is 11.3 Å². The summed E-state index contributed by atoms with van der Waals surface area (Å²) in [5.41, 5.74) is 1.23. The lowest BCUT2D eigenvalue weighted by molar-refractivity contribution is 0.165. The number of likely N-dealkylation sites (N-methyl/N-ethyl adjacent to an activating group) is 1. The van der Waals surface area contributed by atoms with Gasteiger partial charge in [-0.05, 0) is 24.3 Å². The van der Waals surface area contributed by atoms with Gasteiger partial charge in [0.05, 0.1) is 18.2 Å².